The molecule has 2 aromatic rings. The molecule has 1 amide bonds. The Bertz CT molecular complexity index is 799. The van der Waals surface area contributed by atoms with Gasteiger partial charge in [-0.15, -0.1) is 0 Å². The zero-order valence-corrected chi connectivity index (χ0v) is 14.7. The highest BCUT2D eigenvalue weighted by atomic mass is 35.5. The minimum Gasteiger partial charge on any atom is -0.324 e. The molecule has 1 aliphatic rings. The summed E-state index contributed by atoms with van der Waals surface area (Å²) in [5.41, 5.74) is 0.594. The molecule has 122 valence electrons. The highest BCUT2D eigenvalue weighted by Gasteiger charge is 2.15. The smallest absolute Gasteiger partial charge is 0.246 e. The monoisotopic (exact) mass is 370 g/mol. The maximum absolute atomic E-state index is 12.2. The van der Waals surface area contributed by atoms with Gasteiger partial charge in [-0.1, -0.05) is 29.6 Å². The number of carbonyl (C=O) groups is 1. The topological polar surface area (TPSA) is 51.9 Å². The lowest BCUT2D eigenvalue weighted by Crippen LogP contribution is -2.20. The molecule has 2 heterocycles. The Kier molecular flexibility index (Phi) is 5.04. The first-order chi connectivity index (χ1) is 11.0. The van der Waals surface area contributed by atoms with Gasteiger partial charge >= 0.3 is 0 Å². The van der Waals surface area contributed by atoms with Crippen molar-refractivity contribution in [3.63, 3.8) is 0 Å². The van der Waals surface area contributed by atoms with Gasteiger partial charge in [0.05, 0.1) is 10.0 Å². The van der Waals surface area contributed by atoms with Crippen LogP contribution < -0.4 is 5.32 Å². The van der Waals surface area contributed by atoms with Gasteiger partial charge in [0.1, 0.15) is 12.4 Å². The van der Waals surface area contributed by atoms with E-state index in [1.807, 2.05) is 4.57 Å². The maximum Gasteiger partial charge on any atom is 0.246 e. The highest BCUT2D eigenvalue weighted by molar-refractivity contribution is 7.71. The first-order valence-corrected chi connectivity index (χ1v) is 8.62. The van der Waals surface area contributed by atoms with E-state index < -0.39 is 0 Å². The van der Waals surface area contributed by atoms with Crippen LogP contribution >= 0.6 is 35.4 Å². The normalized spacial score (nSPS) is 14.2. The van der Waals surface area contributed by atoms with Crippen LogP contribution in [0.25, 0.3) is 0 Å². The van der Waals surface area contributed by atoms with Crippen LogP contribution in [0.3, 0.4) is 0 Å². The Labute approximate surface area is 149 Å². The first kappa shape index (κ1) is 16.5. The standard InChI is InChI=1S/C15H16Cl2N4OS/c16-11-6-5-10(8-12(11)17)18-14(22)9-21-15(23)20-7-3-1-2-4-13(20)19-21/h5-6,8H,1-4,7,9H2,(H,18,22). The number of hydrogen-bond acceptors (Lipinski definition) is 3. The Morgan fingerprint density at radius 3 is 2.87 bits per heavy atom. The van der Waals surface area contributed by atoms with Crippen molar-refractivity contribution in [2.45, 2.75) is 38.8 Å². The summed E-state index contributed by atoms with van der Waals surface area (Å²) < 4.78 is 4.23. The molecule has 0 unspecified atom stereocenters. The summed E-state index contributed by atoms with van der Waals surface area (Å²) in [5.74, 6) is 0.766. The number of nitrogens with one attached hydrogen (secondary N) is 1. The summed E-state index contributed by atoms with van der Waals surface area (Å²) in [6.45, 7) is 0.960. The lowest BCUT2D eigenvalue weighted by Gasteiger charge is -2.06. The molecule has 0 spiro atoms. The maximum atomic E-state index is 12.2. The van der Waals surface area contributed by atoms with E-state index in [1.165, 1.54) is 6.42 Å². The number of aromatic nitrogens is 3. The molecule has 1 N–H and O–H groups in total. The quantitative estimate of drug-likeness (QED) is 0.827. The van der Waals surface area contributed by atoms with E-state index in [4.69, 9.17) is 35.4 Å². The van der Waals surface area contributed by atoms with Crippen molar-refractivity contribution in [3.05, 3.63) is 38.8 Å². The number of aryl methyl sites for hydroxylation is 1. The Morgan fingerprint density at radius 2 is 2.09 bits per heavy atom. The van der Waals surface area contributed by atoms with E-state index in [1.54, 1.807) is 22.9 Å². The summed E-state index contributed by atoms with van der Waals surface area (Å²) in [7, 11) is 0. The number of amides is 1. The van der Waals surface area contributed by atoms with Crippen LogP contribution in [0.15, 0.2) is 18.2 Å². The predicted molar refractivity (Wildman–Crippen MR) is 93.7 cm³/mol. The van der Waals surface area contributed by atoms with Crippen molar-refractivity contribution >= 4 is 47.0 Å². The Balaban J connectivity index is 1.73. The van der Waals surface area contributed by atoms with Crippen LogP contribution in [-0.2, 0) is 24.3 Å². The van der Waals surface area contributed by atoms with Gasteiger partial charge in [0.2, 0.25) is 5.91 Å². The molecule has 0 saturated carbocycles. The second-order valence-electron chi connectivity index (χ2n) is 5.50. The number of rotatable bonds is 3. The number of benzene rings is 1. The number of fused-ring (bicyclic) bond motifs is 1. The molecule has 5 nitrogen and oxygen atoms in total. The summed E-state index contributed by atoms with van der Waals surface area (Å²) in [4.78, 5) is 12.2. The lowest BCUT2D eigenvalue weighted by molar-refractivity contribution is -0.116. The van der Waals surface area contributed by atoms with Crippen LogP contribution in [0.4, 0.5) is 5.69 Å². The van der Waals surface area contributed by atoms with Gasteiger partial charge in [-0.25, -0.2) is 4.68 Å². The molecule has 0 radical (unpaired) electrons. The van der Waals surface area contributed by atoms with Gasteiger partial charge < -0.3 is 9.88 Å². The van der Waals surface area contributed by atoms with Gasteiger partial charge in [-0.3, -0.25) is 4.79 Å². The Morgan fingerprint density at radius 1 is 1.26 bits per heavy atom. The number of nitrogens with zero attached hydrogens (tertiary/aromatic N) is 3. The molecule has 1 aromatic carbocycles. The molecule has 0 aliphatic carbocycles. The van der Waals surface area contributed by atoms with Crippen molar-refractivity contribution in [1.82, 2.24) is 14.3 Å². The van der Waals surface area contributed by atoms with E-state index in [9.17, 15) is 4.79 Å². The second-order valence-corrected chi connectivity index (χ2v) is 6.68. The molecule has 0 bridgehead atoms. The van der Waals surface area contributed by atoms with Crippen molar-refractivity contribution < 1.29 is 4.79 Å². The zero-order valence-electron chi connectivity index (χ0n) is 12.4. The molecule has 0 saturated heterocycles. The molecule has 23 heavy (non-hydrogen) atoms. The fourth-order valence-electron chi connectivity index (χ4n) is 2.64. The number of hydrogen-bond donors (Lipinski definition) is 1. The predicted octanol–water partition coefficient (Wildman–Crippen LogP) is 4.09. The third-order valence-corrected chi connectivity index (χ3v) is 4.95. The van der Waals surface area contributed by atoms with Crippen molar-refractivity contribution in [3.8, 4) is 0 Å². The lowest BCUT2D eigenvalue weighted by atomic mass is 10.2. The van der Waals surface area contributed by atoms with E-state index in [2.05, 4.69) is 10.4 Å². The fraction of sp³-hybridized carbons (Fsp3) is 0.400. The summed E-state index contributed by atoms with van der Waals surface area (Å²) in [6, 6.07) is 4.96. The van der Waals surface area contributed by atoms with Gasteiger partial charge in [0.25, 0.3) is 0 Å². The zero-order chi connectivity index (χ0) is 16.4. The minimum atomic E-state index is -0.201. The minimum absolute atomic E-state index is 0.0824. The van der Waals surface area contributed by atoms with Crippen molar-refractivity contribution in [2.75, 3.05) is 5.32 Å². The number of anilines is 1. The average Bonchev–Trinajstić information content (AvgIpc) is 2.68. The van der Waals surface area contributed by atoms with Crippen molar-refractivity contribution in [2.24, 2.45) is 0 Å². The van der Waals surface area contributed by atoms with Gasteiger partial charge in [0.15, 0.2) is 4.77 Å². The van der Waals surface area contributed by atoms with E-state index in [0.717, 1.165) is 31.6 Å². The van der Waals surface area contributed by atoms with Crippen LogP contribution in [-0.4, -0.2) is 20.3 Å². The summed E-state index contributed by atoms with van der Waals surface area (Å²) in [6.07, 6.45) is 4.31. The first-order valence-electron chi connectivity index (χ1n) is 7.46. The number of halogens is 2. The fourth-order valence-corrected chi connectivity index (χ4v) is 3.24. The van der Waals surface area contributed by atoms with Gasteiger partial charge in [-0.05, 0) is 43.3 Å². The van der Waals surface area contributed by atoms with E-state index in [0.29, 0.717) is 20.5 Å². The van der Waals surface area contributed by atoms with Crippen LogP contribution in [0.5, 0.6) is 0 Å². The summed E-state index contributed by atoms with van der Waals surface area (Å²) in [5, 5.41) is 8.12. The highest BCUT2D eigenvalue weighted by Crippen LogP contribution is 2.25. The van der Waals surface area contributed by atoms with Crippen LogP contribution in [0.2, 0.25) is 10.0 Å². The molecule has 0 atom stereocenters. The van der Waals surface area contributed by atoms with Crippen LogP contribution in [0, 0.1) is 4.77 Å². The van der Waals surface area contributed by atoms with E-state index in [-0.39, 0.29) is 12.5 Å². The summed E-state index contributed by atoms with van der Waals surface area (Å²) >= 11 is 17.2. The van der Waals surface area contributed by atoms with Crippen LogP contribution in [0.1, 0.15) is 25.1 Å². The third-order valence-electron chi connectivity index (χ3n) is 3.78. The molecule has 3 rings (SSSR count). The van der Waals surface area contributed by atoms with E-state index >= 15 is 0 Å². The molecule has 0 fully saturated rings. The molecule has 1 aliphatic heterocycles. The average molecular weight is 371 g/mol. The third kappa shape index (κ3) is 3.76. The molecule has 8 heteroatoms. The largest absolute Gasteiger partial charge is 0.324 e. The SMILES string of the molecule is O=C(Cn1nc2n(c1=S)CCCCC2)Nc1ccc(Cl)c(Cl)c1. The van der Waals surface area contributed by atoms with Gasteiger partial charge in [0, 0.05) is 18.7 Å². The number of carbonyl (C=O) groups excluding carboxylic acids is 1. The second kappa shape index (κ2) is 7.03. The Hall–Kier alpha value is -1.37. The van der Waals surface area contributed by atoms with Gasteiger partial charge in [-0.2, -0.15) is 5.10 Å². The van der Waals surface area contributed by atoms with Crippen molar-refractivity contribution in [1.29, 1.82) is 0 Å². The molecule has 1 aromatic heterocycles. The molecular weight excluding hydrogens is 355 g/mol. The molecular formula is C15H16Cl2N4OS.